The fourth-order valence-electron chi connectivity index (χ4n) is 1.19. The number of primary amides is 1. The van der Waals surface area contributed by atoms with Crippen molar-refractivity contribution < 1.29 is 4.79 Å². The topological polar surface area (TPSA) is 96.7 Å². The molecule has 0 aromatic carbocycles. The Balaban J connectivity index is 1.95. The predicted molar refractivity (Wildman–Crippen MR) is 60.6 cm³/mol. The molecular formula is C9H11N5OS. The van der Waals surface area contributed by atoms with Gasteiger partial charge in [-0.2, -0.15) is 5.10 Å². The number of nitrogens with zero attached hydrogens (tertiary/aromatic N) is 2. The third kappa shape index (κ3) is 2.65. The van der Waals surface area contributed by atoms with Crippen LogP contribution in [0.4, 0.5) is 0 Å². The summed E-state index contributed by atoms with van der Waals surface area (Å²) in [6.07, 6.45) is 0. The van der Waals surface area contributed by atoms with Gasteiger partial charge < -0.3 is 11.1 Å². The summed E-state index contributed by atoms with van der Waals surface area (Å²) in [7, 11) is 0. The molecule has 2 rings (SSSR count). The zero-order valence-corrected chi connectivity index (χ0v) is 9.25. The van der Waals surface area contributed by atoms with E-state index in [4.69, 9.17) is 5.73 Å². The molecule has 1 amide bonds. The quantitative estimate of drug-likeness (QED) is 0.687. The van der Waals surface area contributed by atoms with Crippen molar-refractivity contribution in [1.82, 2.24) is 20.5 Å². The zero-order valence-electron chi connectivity index (χ0n) is 8.43. The molecule has 16 heavy (non-hydrogen) atoms. The summed E-state index contributed by atoms with van der Waals surface area (Å²) in [5.74, 6) is 0.966. The van der Waals surface area contributed by atoms with Crippen molar-refractivity contribution in [2.24, 2.45) is 5.73 Å². The predicted octanol–water partition coefficient (Wildman–Crippen LogP) is 0.108. The van der Waals surface area contributed by atoms with Gasteiger partial charge in [0, 0.05) is 0 Å². The Kier molecular flexibility index (Phi) is 3.28. The summed E-state index contributed by atoms with van der Waals surface area (Å²) in [5.41, 5.74) is 4.99. The van der Waals surface area contributed by atoms with Crippen molar-refractivity contribution in [3.8, 4) is 10.7 Å². The van der Waals surface area contributed by atoms with Crippen LogP contribution in [0.25, 0.3) is 10.7 Å². The van der Waals surface area contributed by atoms with E-state index < -0.39 is 5.91 Å². The SMILES string of the molecule is NC(=O)CNCc1nc(-c2cccs2)n[nH]1. The Labute approximate surface area is 95.9 Å². The normalized spacial score (nSPS) is 10.5. The summed E-state index contributed by atoms with van der Waals surface area (Å²) >= 11 is 1.58. The molecule has 0 atom stereocenters. The van der Waals surface area contributed by atoms with Gasteiger partial charge in [0.25, 0.3) is 0 Å². The first-order chi connectivity index (χ1) is 7.75. The number of hydrogen-bond acceptors (Lipinski definition) is 5. The number of amides is 1. The average molecular weight is 237 g/mol. The molecule has 0 aliphatic carbocycles. The summed E-state index contributed by atoms with van der Waals surface area (Å²) < 4.78 is 0. The first-order valence-corrected chi connectivity index (χ1v) is 5.58. The molecule has 2 heterocycles. The molecule has 0 aliphatic heterocycles. The van der Waals surface area contributed by atoms with Crippen molar-refractivity contribution in [2.45, 2.75) is 6.54 Å². The molecule has 0 spiro atoms. The Morgan fingerprint density at radius 2 is 2.50 bits per heavy atom. The summed E-state index contributed by atoms with van der Waals surface area (Å²) in [4.78, 5) is 15.8. The van der Waals surface area contributed by atoms with Crippen LogP contribution < -0.4 is 11.1 Å². The highest BCUT2D eigenvalue weighted by Gasteiger charge is 2.06. The van der Waals surface area contributed by atoms with Crippen molar-refractivity contribution in [2.75, 3.05) is 6.54 Å². The lowest BCUT2D eigenvalue weighted by molar-refractivity contribution is -0.117. The highest BCUT2D eigenvalue weighted by Crippen LogP contribution is 2.20. The van der Waals surface area contributed by atoms with Gasteiger partial charge in [-0.3, -0.25) is 9.89 Å². The maximum absolute atomic E-state index is 10.5. The molecule has 2 aromatic rings. The third-order valence-electron chi connectivity index (χ3n) is 1.86. The van der Waals surface area contributed by atoms with Gasteiger partial charge in [-0.15, -0.1) is 11.3 Å². The number of carbonyl (C=O) groups excluding carboxylic acids is 1. The molecule has 6 nitrogen and oxygen atoms in total. The lowest BCUT2D eigenvalue weighted by atomic mass is 10.4. The fraction of sp³-hybridized carbons (Fsp3) is 0.222. The Bertz CT molecular complexity index is 464. The first kappa shape index (κ1) is 10.8. The number of nitrogens with one attached hydrogen (secondary N) is 2. The highest BCUT2D eigenvalue weighted by atomic mass is 32.1. The minimum absolute atomic E-state index is 0.134. The molecule has 4 N–H and O–H groups in total. The largest absolute Gasteiger partial charge is 0.369 e. The molecule has 0 saturated heterocycles. The number of H-pyrrole nitrogens is 1. The molecule has 0 fully saturated rings. The third-order valence-corrected chi connectivity index (χ3v) is 2.73. The van der Waals surface area contributed by atoms with Crippen LogP contribution in [0.1, 0.15) is 5.82 Å². The van der Waals surface area contributed by atoms with Gasteiger partial charge in [0.1, 0.15) is 5.82 Å². The monoisotopic (exact) mass is 237 g/mol. The zero-order chi connectivity index (χ0) is 11.4. The molecule has 0 aliphatic rings. The van der Waals surface area contributed by atoms with Crippen LogP contribution in [0.2, 0.25) is 0 Å². The van der Waals surface area contributed by atoms with Gasteiger partial charge in [-0.1, -0.05) is 6.07 Å². The van der Waals surface area contributed by atoms with Crippen LogP contribution in [0.3, 0.4) is 0 Å². The van der Waals surface area contributed by atoms with Gasteiger partial charge in [-0.05, 0) is 11.4 Å². The van der Waals surface area contributed by atoms with E-state index in [2.05, 4.69) is 20.5 Å². The smallest absolute Gasteiger partial charge is 0.231 e. The van der Waals surface area contributed by atoms with Crippen LogP contribution in [0.15, 0.2) is 17.5 Å². The van der Waals surface area contributed by atoms with Crippen molar-refractivity contribution in [3.63, 3.8) is 0 Å². The number of aromatic nitrogens is 3. The fourth-order valence-corrected chi connectivity index (χ4v) is 1.85. The van der Waals surface area contributed by atoms with E-state index in [0.29, 0.717) is 18.2 Å². The van der Waals surface area contributed by atoms with Crippen molar-refractivity contribution in [1.29, 1.82) is 0 Å². The van der Waals surface area contributed by atoms with E-state index in [9.17, 15) is 4.79 Å². The molecular weight excluding hydrogens is 226 g/mol. The van der Waals surface area contributed by atoms with Crippen LogP contribution in [-0.2, 0) is 11.3 Å². The second-order valence-corrected chi connectivity index (χ2v) is 4.10. The number of thiophene rings is 1. The Morgan fingerprint density at radius 3 is 3.19 bits per heavy atom. The minimum atomic E-state index is -0.391. The van der Waals surface area contributed by atoms with E-state index in [0.717, 1.165) is 4.88 Å². The first-order valence-electron chi connectivity index (χ1n) is 4.70. The van der Waals surface area contributed by atoms with Crippen molar-refractivity contribution in [3.05, 3.63) is 23.3 Å². The van der Waals surface area contributed by atoms with Crippen LogP contribution in [0, 0.1) is 0 Å². The summed E-state index contributed by atoms with van der Waals surface area (Å²) in [5, 5.41) is 11.7. The van der Waals surface area contributed by atoms with Gasteiger partial charge >= 0.3 is 0 Å². The van der Waals surface area contributed by atoms with Crippen LogP contribution in [-0.4, -0.2) is 27.6 Å². The number of rotatable bonds is 5. The van der Waals surface area contributed by atoms with E-state index in [1.54, 1.807) is 11.3 Å². The number of hydrogen-bond donors (Lipinski definition) is 3. The average Bonchev–Trinajstić information content (AvgIpc) is 2.85. The molecule has 0 bridgehead atoms. The number of aromatic amines is 1. The van der Waals surface area contributed by atoms with Gasteiger partial charge in [0.05, 0.1) is 18.0 Å². The molecule has 84 valence electrons. The Morgan fingerprint density at radius 1 is 1.62 bits per heavy atom. The van der Waals surface area contributed by atoms with Gasteiger partial charge in [-0.25, -0.2) is 4.98 Å². The van der Waals surface area contributed by atoms with E-state index in [1.165, 1.54) is 0 Å². The number of carbonyl (C=O) groups is 1. The highest BCUT2D eigenvalue weighted by molar-refractivity contribution is 7.13. The lowest BCUT2D eigenvalue weighted by Gasteiger charge is -1.96. The second-order valence-electron chi connectivity index (χ2n) is 3.15. The van der Waals surface area contributed by atoms with Crippen molar-refractivity contribution >= 4 is 17.2 Å². The van der Waals surface area contributed by atoms with Crippen LogP contribution in [0.5, 0.6) is 0 Å². The lowest BCUT2D eigenvalue weighted by Crippen LogP contribution is -2.28. The maximum atomic E-state index is 10.5. The molecule has 0 saturated carbocycles. The van der Waals surface area contributed by atoms with E-state index in [-0.39, 0.29) is 6.54 Å². The van der Waals surface area contributed by atoms with E-state index >= 15 is 0 Å². The summed E-state index contributed by atoms with van der Waals surface area (Å²) in [6, 6.07) is 3.90. The standard InChI is InChI=1S/C9H11N5OS/c10-7(15)4-11-5-8-12-9(14-13-8)6-2-1-3-16-6/h1-3,11H,4-5H2,(H2,10,15)(H,12,13,14). The summed E-state index contributed by atoms with van der Waals surface area (Å²) in [6.45, 7) is 0.580. The molecule has 0 unspecified atom stereocenters. The molecule has 7 heteroatoms. The van der Waals surface area contributed by atoms with Gasteiger partial charge in [0.2, 0.25) is 5.91 Å². The minimum Gasteiger partial charge on any atom is -0.369 e. The Hall–Kier alpha value is -1.73. The van der Waals surface area contributed by atoms with Gasteiger partial charge in [0.15, 0.2) is 5.82 Å². The van der Waals surface area contributed by atoms with E-state index in [1.807, 2.05) is 17.5 Å². The van der Waals surface area contributed by atoms with Crippen LogP contribution >= 0.6 is 11.3 Å². The molecule has 2 aromatic heterocycles. The maximum Gasteiger partial charge on any atom is 0.231 e. The second kappa shape index (κ2) is 4.86. The molecule has 0 radical (unpaired) electrons. The number of nitrogens with two attached hydrogens (primary N) is 1.